The molecule has 2 rings (SSSR count). The van der Waals surface area contributed by atoms with Gasteiger partial charge >= 0.3 is 12.3 Å². The summed E-state index contributed by atoms with van der Waals surface area (Å²) in [4.78, 5) is 17.6. The van der Waals surface area contributed by atoms with Gasteiger partial charge in [0.1, 0.15) is 12.0 Å². The van der Waals surface area contributed by atoms with Gasteiger partial charge in [0.15, 0.2) is 12.3 Å². The van der Waals surface area contributed by atoms with Crippen LogP contribution in [0.4, 0.5) is 13.2 Å². The number of hydrogen-bond donors (Lipinski definition) is 1. The van der Waals surface area contributed by atoms with Gasteiger partial charge in [-0.15, -0.1) is 13.2 Å². The summed E-state index contributed by atoms with van der Waals surface area (Å²) < 4.78 is 49.3. The zero-order chi connectivity index (χ0) is 15.5. The van der Waals surface area contributed by atoms with Gasteiger partial charge in [-0.2, -0.15) is 0 Å². The topological polar surface area (TPSA) is 94.7 Å². The third kappa shape index (κ3) is 4.37. The van der Waals surface area contributed by atoms with E-state index in [4.69, 9.17) is 14.3 Å². The molecule has 7 nitrogen and oxygen atoms in total. The molecule has 0 radical (unpaired) electrons. The normalized spacial score (nSPS) is 11.2. The molecule has 0 saturated carbocycles. The summed E-state index contributed by atoms with van der Waals surface area (Å²) in [5, 5.41) is 8.63. The molecule has 2 aromatic heterocycles. The molecule has 1 N–H and O–H groups in total. The zero-order valence-corrected chi connectivity index (χ0v) is 10.1. The number of carboxylic acids is 1. The van der Waals surface area contributed by atoms with E-state index >= 15 is 0 Å². The molecule has 0 aliphatic carbocycles. The van der Waals surface area contributed by atoms with E-state index in [0.29, 0.717) is 0 Å². The summed E-state index contributed by atoms with van der Waals surface area (Å²) in [7, 11) is 0. The highest BCUT2D eigenvalue weighted by Crippen LogP contribution is 2.22. The van der Waals surface area contributed by atoms with Crippen LogP contribution >= 0.6 is 0 Å². The smallest absolute Gasteiger partial charge is 0.482 e. The molecule has 2 heterocycles. The Morgan fingerprint density at radius 3 is 2.67 bits per heavy atom. The van der Waals surface area contributed by atoms with Crippen molar-refractivity contribution in [2.24, 2.45) is 0 Å². The SMILES string of the molecule is O=C(O)c1coc(COc2ccc(OC(F)(F)F)nc2)n1. The van der Waals surface area contributed by atoms with E-state index in [2.05, 4.69) is 14.7 Å². The number of aromatic nitrogens is 2. The van der Waals surface area contributed by atoms with Crippen LogP contribution in [0.1, 0.15) is 16.4 Å². The molecule has 0 aromatic carbocycles. The van der Waals surface area contributed by atoms with Crippen molar-refractivity contribution in [3.05, 3.63) is 36.2 Å². The highest BCUT2D eigenvalue weighted by Gasteiger charge is 2.31. The van der Waals surface area contributed by atoms with Crippen LogP contribution < -0.4 is 9.47 Å². The molecular formula is C11H7F3N2O5. The monoisotopic (exact) mass is 304 g/mol. The van der Waals surface area contributed by atoms with Gasteiger partial charge in [-0.05, 0) is 6.07 Å². The lowest BCUT2D eigenvalue weighted by molar-refractivity contribution is -0.276. The Bertz CT molecular complexity index is 624. The number of alkyl halides is 3. The number of hydrogen-bond acceptors (Lipinski definition) is 6. The number of halogens is 3. The number of carbonyl (C=O) groups is 1. The Balaban J connectivity index is 1.92. The van der Waals surface area contributed by atoms with Gasteiger partial charge in [-0.1, -0.05) is 0 Å². The third-order valence-corrected chi connectivity index (χ3v) is 2.06. The quantitative estimate of drug-likeness (QED) is 0.905. The minimum Gasteiger partial charge on any atom is -0.482 e. The average molecular weight is 304 g/mol. The number of ether oxygens (including phenoxy) is 2. The summed E-state index contributed by atoms with van der Waals surface area (Å²) in [6.07, 6.45) is -2.86. The fourth-order valence-electron chi connectivity index (χ4n) is 1.25. The minimum atomic E-state index is -4.82. The van der Waals surface area contributed by atoms with Gasteiger partial charge in [0.05, 0.1) is 6.20 Å². The molecule has 0 saturated heterocycles. The van der Waals surface area contributed by atoms with Crippen LogP contribution in [0.25, 0.3) is 0 Å². The Hall–Kier alpha value is -2.78. The maximum absolute atomic E-state index is 11.9. The van der Waals surface area contributed by atoms with Crippen molar-refractivity contribution in [1.82, 2.24) is 9.97 Å². The third-order valence-electron chi connectivity index (χ3n) is 2.06. The van der Waals surface area contributed by atoms with E-state index in [1.165, 1.54) is 6.07 Å². The van der Waals surface area contributed by atoms with Crippen LogP contribution in [0.5, 0.6) is 11.6 Å². The van der Waals surface area contributed by atoms with Crippen molar-refractivity contribution in [2.45, 2.75) is 13.0 Å². The molecule has 21 heavy (non-hydrogen) atoms. The van der Waals surface area contributed by atoms with Crippen molar-refractivity contribution >= 4 is 5.97 Å². The van der Waals surface area contributed by atoms with Crippen LogP contribution in [0.3, 0.4) is 0 Å². The van der Waals surface area contributed by atoms with Gasteiger partial charge in [0.25, 0.3) is 0 Å². The molecule has 0 unspecified atom stereocenters. The van der Waals surface area contributed by atoms with E-state index in [1.807, 2.05) is 0 Å². The lowest BCUT2D eigenvalue weighted by Gasteiger charge is -2.08. The number of oxazole rings is 1. The van der Waals surface area contributed by atoms with Crippen LogP contribution in [-0.4, -0.2) is 27.4 Å². The summed E-state index contributed by atoms with van der Waals surface area (Å²) in [5.74, 6) is -1.73. The number of aromatic carboxylic acids is 1. The zero-order valence-electron chi connectivity index (χ0n) is 10.1. The number of rotatable bonds is 5. The lowest BCUT2D eigenvalue weighted by Crippen LogP contribution is -2.17. The Kier molecular flexibility index (Phi) is 3.96. The van der Waals surface area contributed by atoms with Gasteiger partial charge in [0.2, 0.25) is 11.8 Å². The fraction of sp³-hybridized carbons (Fsp3) is 0.182. The number of carboxylic acid groups (broad SMARTS) is 1. The predicted molar refractivity (Wildman–Crippen MR) is 58.7 cm³/mol. The van der Waals surface area contributed by atoms with Crippen LogP contribution in [0.15, 0.2) is 29.0 Å². The molecule has 2 aromatic rings. The first-order valence-electron chi connectivity index (χ1n) is 5.36. The molecule has 0 spiro atoms. The highest BCUT2D eigenvalue weighted by atomic mass is 19.4. The van der Waals surface area contributed by atoms with Crippen molar-refractivity contribution in [3.63, 3.8) is 0 Å². The second-order valence-corrected chi connectivity index (χ2v) is 3.60. The standard InChI is InChI=1S/C11H7F3N2O5/c12-11(13,14)21-8-2-1-6(3-15-8)19-5-9-16-7(4-20-9)10(17)18/h1-4H,5H2,(H,17,18). The Morgan fingerprint density at radius 2 is 2.14 bits per heavy atom. The summed E-state index contributed by atoms with van der Waals surface area (Å²) >= 11 is 0. The second-order valence-electron chi connectivity index (χ2n) is 3.60. The maximum Gasteiger partial charge on any atom is 0.574 e. The van der Waals surface area contributed by atoms with E-state index in [9.17, 15) is 18.0 Å². The summed E-state index contributed by atoms with van der Waals surface area (Å²) in [5.41, 5.74) is -0.277. The van der Waals surface area contributed by atoms with Crippen molar-refractivity contribution in [3.8, 4) is 11.6 Å². The fourth-order valence-corrected chi connectivity index (χ4v) is 1.25. The molecule has 0 bridgehead atoms. The van der Waals surface area contributed by atoms with Crippen molar-refractivity contribution in [2.75, 3.05) is 0 Å². The van der Waals surface area contributed by atoms with Gasteiger partial charge in [-0.25, -0.2) is 14.8 Å². The van der Waals surface area contributed by atoms with Crippen molar-refractivity contribution < 1.29 is 37.0 Å². The van der Waals surface area contributed by atoms with Crippen LogP contribution in [0.2, 0.25) is 0 Å². The molecular weight excluding hydrogens is 297 g/mol. The highest BCUT2D eigenvalue weighted by molar-refractivity contribution is 5.84. The van der Waals surface area contributed by atoms with Gasteiger partial charge in [-0.3, -0.25) is 0 Å². The second kappa shape index (κ2) is 5.69. The van der Waals surface area contributed by atoms with E-state index < -0.39 is 18.2 Å². The van der Waals surface area contributed by atoms with Gasteiger partial charge < -0.3 is 19.0 Å². The Labute approximate surface area is 114 Å². The minimum absolute atomic E-state index is 0.00279. The molecule has 0 fully saturated rings. The van der Waals surface area contributed by atoms with Crippen LogP contribution in [0, 0.1) is 0 Å². The van der Waals surface area contributed by atoms with Crippen molar-refractivity contribution in [1.29, 1.82) is 0 Å². The predicted octanol–water partition coefficient (Wildman–Crippen LogP) is 2.25. The molecule has 112 valence electrons. The largest absolute Gasteiger partial charge is 0.574 e. The van der Waals surface area contributed by atoms with E-state index in [0.717, 1.165) is 18.5 Å². The summed E-state index contributed by atoms with van der Waals surface area (Å²) in [6.45, 7) is -0.200. The average Bonchev–Trinajstić information content (AvgIpc) is 2.85. The molecule has 0 atom stereocenters. The first kappa shape index (κ1) is 14.6. The number of pyridine rings is 1. The lowest BCUT2D eigenvalue weighted by atomic mass is 10.4. The first-order chi connectivity index (χ1) is 9.83. The molecule has 10 heteroatoms. The maximum atomic E-state index is 11.9. The Morgan fingerprint density at radius 1 is 1.38 bits per heavy atom. The van der Waals surface area contributed by atoms with E-state index in [-0.39, 0.29) is 23.9 Å². The molecule has 0 aliphatic rings. The number of nitrogens with zero attached hydrogens (tertiary/aromatic N) is 2. The summed E-state index contributed by atoms with van der Waals surface area (Å²) in [6, 6.07) is 2.18. The first-order valence-corrected chi connectivity index (χ1v) is 5.36. The van der Waals surface area contributed by atoms with E-state index in [1.54, 1.807) is 0 Å². The van der Waals surface area contributed by atoms with Gasteiger partial charge in [0, 0.05) is 6.07 Å². The molecule has 0 aliphatic heterocycles. The van der Waals surface area contributed by atoms with Crippen LogP contribution in [-0.2, 0) is 6.61 Å². The molecule has 0 amide bonds.